The number of fused-ring (bicyclic) bond motifs is 1. The molecule has 2 fully saturated rings. The highest BCUT2D eigenvalue weighted by Gasteiger charge is 2.48. The summed E-state index contributed by atoms with van der Waals surface area (Å²) in [6.07, 6.45) is 7.18. The molecule has 2 saturated heterocycles. The van der Waals surface area contributed by atoms with Crippen molar-refractivity contribution in [2.75, 3.05) is 32.8 Å². The average Bonchev–Trinajstić information content (AvgIpc) is 3.24. The van der Waals surface area contributed by atoms with Crippen LogP contribution in [-0.4, -0.2) is 64.6 Å². The fourth-order valence-corrected chi connectivity index (χ4v) is 5.58. The molecule has 0 saturated carbocycles. The van der Waals surface area contributed by atoms with Crippen LogP contribution in [0.25, 0.3) is 11.3 Å². The molecule has 1 aromatic carbocycles. The molecule has 5 rings (SSSR count). The zero-order valence-electron chi connectivity index (χ0n) is 20.0. The van der Waals surface area contributed by atoms with Crippen molar-refractivity contribution in [1.82, 2.24) is 19.8 Å². The van der Waals surface area contributed by atoms with Gasteiger partial charge in [0, 0.05) is 37.8 Å². The van der Waals surface area contributed by atoms with Crippen molar-refractivity contribution in [3.05, 3.63) is 47.4 Å². The quantitative estimate of drug-likeness (QED) is 0.729. The van der Waals surface area contributed by atoms with Gasteiger partial charge in [-0.25, -0.2) is 9.78 Å². The van der Waals surface area contributed by atoms with Gasteiger partial charge in [0.1, 0.15) is 5.69 Å². The van der Waals surface area contributed by atoms with E-state index in [4.69, 9.17) is 10.5 Å². The molecule has 2 N–H and O–H groups in total. The Balaban J connectivity index is 1.18. The lowest BCUT2D eigenvalue weighted by Crippen LogP contribution is -2.61. The first-order valence-electron chi connectivity index (χ1n) is 12.2. The van der Waals surface area contributed by atoms with Gasteiger partial charge in [-0.2, -0.15) is 0 Å². The number of nitrogens with two attached hydrogens (primary N) is 1. The predicted octanol–water partition coefficient (Wildman–Crippen LogP) is 3.42. The third kappa shape index (κ3) is 4.39. The predicted molar refractivity (Wildman–Crippen MR) is 128 cm³/mol. The average molecular weight is 464 g/mol. The molecule has 8 nitrogen and oxygen atoms in total. The standard InChI is InChI=1S/C26H33N5O3/c1-17(2)14-34-25(33)30-9-7-26(8-10-30)15-31(16-26)23-6-4-18-11-19(3-5-20(18)23)21-12-29-22(13-28-21)24(27)32/h3,5,11-13,17,23H,4,6-10,14-16H2,1-2H3,(H2,27,32)/t23-/m1/s1. The highest BCUT2D eigenvalue weighted by atomic mass is 16.6. The number of piperidine rings is 1. The second-order valence-corrected chi connectivity index (χ2v) is 10.5. The Hall–Kier alpha value is -3.00. The molecule has 0 unspecified atom stereocenters. The molecule has 1 aliphatic carbocycles. The Kier molecular flexibility index (Phi) is 6.02. The van der Waals surface area contributed by atoms with Crippen LogP contribution in [-0.2, 0) is 11.2 Å². The zero-order chi connectivity index (χ0) is 23.9. The van der Waals surface area contributed by atoms with Crippen LogP contribution in [0.2, 0.25) is 0 Å². The summed E-state index contributed by atoms with van der Waals surface area (Å²) in [4.78, 5) is 36.5. The third-order valence-electron chi connectivity index (χ3n) is 7.53. The van der Waals surface area contributed by atoms with Crippen LogP contribution in [0.4, 0.5) is 4.79 Å². The molecule has 2 amide bonds. The topological polar surface area (TPSA) is 102 Å². The molecule has 34 heavy (non-hydrogen) atoms. The van der Waals surface area contributed by atoms with E-state index in [0.717, 1.165) is 63.1 Å². The Labute approximate surface area is 200 Å². The summed E-state index contributed by atoms with van der Waals surface area (Å²) in [7, 11) is 0. The molecule has 3 heterocycles. The van der Waals surface area contributed by atoms with E-state index >= 15 is 0 Å². The molecule has 1 spiro atoms. The number of carbonyl (C=O) groups is 2. The monoisotopic (exact) mass is 463 g/mol. The minimum absolute atomic E-state index is 0.158. The third-order valence-corrected chi connectivity index (χ3v) is 7.53. The van der Waals surface area contributed by atoms with Crippen LogP contribution in [0.5, 0.6) is 0 Å². The van der Waals surface area contributed by atoms with Crippen LogP contribution in [0.1, 0.15) is 60.8 Å². The van der Waals surface area contributed by atoms with E-state index in [1.54, 1.807) is 6.20 Å². The molecule has 180 valence electrons. The highest BCUT2D eigenvalue weighted by molar-refractivity contribution is 5.90. The highest BCUT2D eigenvalue weighted by Crippen LogP contribution is 2.48. The van der Waals surface area contributed by atoms with E-state index in [1.165, 1.54) is 17.3 Å². The Bertz CT molecular complexity index is 1070. The van der Waals surface area contributed by atoms with Crippen molar-refractivity contribution in [3.63, 3.8) is 0 Å². The van der Waals surface area contributed by atoms with Crippen molar-refractivity contribution < 1.29 is 14.3 Å². The van der Waals surface area contributed by atoms with Crippen molar-refractivity contribution in [2.24, 2.45) is 17.1 Å². The van der Waals surface area contributed by atoms with E-state index in [-0.39, 0.29) is 11.8 Å². The zero-order valence-corrected chi connectivity index (χ0v) is 20.0. The number of aryl methyl sites for hydroxylation is 1. The number of hydrogen-bond acceptors (Lipinski definition) is 6. The smallest absolute Gasteiger partial charge is 0.409 e. The fraction of sp³-hybridized carbons (Fsp3) is 0.538. The van der Waals surface area contributed by atoms with Crippen molar-refractivity contribution in [2.45, 2.75) is 45.6 Å². The fourth-order valence-electron chi connectivity index (χ4n) is 5.58. The summed E-state index contributed by atoms with van der Waals surface area (Å²) in [5, 5.41) is 0. The molecule has 3 aliphatic rings. The molecular weight excluding hydrogens is 430 g/mol. The maximum atomic E-state index is 12.3. The van der Waals surface area contributed by atoms with Crippen molar-refractivity contribution in [1.29, 1.82) is 0 Å². The molecule has 2 aliphatic heterocycles. The molecule has 1 atom stereocenters. The summed E-state index contributed by atoms with van der Waals surface area (Å²) >= 11 is 0. The largest absolute Gasteiger partial charge is 0.449 e. The van der Waals surface area contributed by atoms with Crippen LogP contribution < -0.4 is 5.73 Å². The lowest BCUT2D eigenvalue weighted by atomic mass is 9.71. The number of carbonyl (C=O) groups excluding carboxylic acids is 2. The van der Waals surface area contributed by atoms with Gasteiger partial charge in [-0.05, 0) is 54.2 Å². The van der Waals surface area contributed by atoms with Crippen LogP contribution in [0.15, 0.2) is 30.6 Å². The molecule has 1 aromatic heterocycles. The maximum Gasteiger partial charge on any atom is 0.409 e. The van der Waals surface area contributed by atoms with E-state index in [9.17, 15) is 9.59 Å². The number of benzene rings is 1. The van der Waals surface area contributed by atoms with Gasteiger partial charge in [0.15, 0.2) is 0 Å². The molecule has 0 bridgehead atoms. The van der Waals surface area contributed by atoms with Gasteiger partial charge in [-0.1, -0.05) is 26.0 Å². The minimum Gasteiger partial charge on any atom is -0.449 e. The van der Waals surface area contributed by atoms with Gasteiger partial charge in [-0.3, -0.25) is 14.7 Å². The lowest BCUT2D eigenvalue weighted by Gasteiger charge is -2.56. The molecule has 8 heteroatoms. The molecule has 2 aromatic rings. The van der Waals surface area contributed by atoms with E-state index < -0.39 is 5.91 Å². The van der Waals surface area contributed by atoms with Crippen LogP contribution in [0, 0.1) is 11.3 Å². The first-order chi connectivity index (χ1) is 16.3. The number of hydrogen-bond donors (Lipinski definition) is 1. The van der Waals surface area contributed by atoms with Crippen LogP contribution in [0.3, 0.4) is 0 Å². The van der Waals surface area contributed by atoms with Gasteiger partial charge in [0.2, 0.25) is 0 Å². The Morgan fingerprint density at radius 2 is 1.94 bits per heavy atom. The normalized spacial score (nSPS) is 21.4. The second kappa shape index (κ2) is 8.98. The van der Waals surface area contributed by atoms with Gasteiger partial charge >= 0.3 is 6.09 Å². The first kappa shape index (κ1) is 22.8. The summed E-state index contributed by atoms with van der Waals surface area (Å²) in [5.74, 6) is -0.208. The van der Waals surface area contributed by atoms with E-state index in [2.05, 4.69) is 46.9 Å². The maximum absolute atomic E-state index is 12.3. The molecular formula is C26H33N5O3. The van der Waals surface area contributed by atoms with Crippen molar-refractivity contribution >= 4 is 12.0 Å². The number of amides is 2. The van der Waals surface area contributed by atoms with Gasteiger partial charge in [-0.15, -0.1) is 0 Å². The number of rotatable bonds is 5. The number of likely N-dealkylation sites (tertiary alicyclic amines) is 2. The summed E-state index contributed by atoms with van der Waals surface area (Å²) in [5.41, 5.74) is 10.3. The summed E-state index contributed by atoms with van der Waals surface area (Å²) < 4.78 is 5.41. The Morgan fingerprint density at radius 3 is 2.59 bits per heavy atom. The van der Waals surface area contributed by atoms with Crippen LogP contribution >= 0.6 is 0 Å². The number of ether oxygens (including phenoxy) is 1. The number of nitrogens with zero attached hydrogens (tertiary/aromatic N) is 4. The van der Waals surface area contributed by atoms with Crippen molar-refractivity contribution in [3.8, 4) is 11.3 Å². The molecule has 0 radical (unpaired) electrons. The number of aromatic nitrogens is 2. The summed E-state index contributed by atoms with van der Waals surface area (Å²) in [6.45, 7) is 8.40. The van der Waals surface area contributed by atoms with Gasteiger partial charge in [0.25, 0.3) is 5.91 Å². The second-order valence-electron chi connectivity index (χ2n) is 10.5. The summed E-state index contributed by atoms with van der Waals surface area (Å²) in [6, 6.07) is 7.00. The van der Waals surface area contributed by atoms with Gasteiger partial charge < -0.3 is 15.4 Å². The van der Waals surface area contributed by atoms with Gasteiger partial charge in [0.05, 0.1) is 24.7 Å². The van der Waals surface area contributed by atoms with E-state index in [0.29, 0.717) is 24.0 Å². The first-order valence-corrected chi connectivity index (χ1v) is 12.2. The van der Waals surface area contributed by atoms with E-state index in [1.807, 2.05) is 4.90 Å². The minimum atomic E-state index is -0.570. The SMILES string of the molecule is CC(C)COC(=O)N1CCC2(CC1)CN([C@@H]1CCc3cc(-c4cnc(C(N)=O)cn4)ccc31)C2. The number of primary amides is 1. The Morgan fingerprint density at radius 1 is 1.18 bits per heavy atom. The lowest BCUT2D eigenvalue weighted by molar-refractivity contribution is -0.0681.